The summed E-state index contributed by atoms with van der Waals surface area (Å²) in [4.78, 5) is -0.711. The molecule has 130 valence electrons. The molecule has 0 spiro atoms. The highest BCUT2D eigenvalue weighted by Crippen LogP contribution is 2.28. The maximum atomic E-state index is 11.5. The Balaban J connectivity index is 2.53. The summed E-state index contributed by atoms with van der Waals surface area (Å²) in [5.41, 5.74) is 10.2. The average Bonchev–Trinajstić information content (AvgIpc) is 2.43. The molecule has 0 aromatic heterocycles. The van der Waals surface area contributed by atoms with Crippen LogP contribution >= 0.6 is 0 Å². The number of hydrogen-bond donors (Lipinski definition) is 4. The van der Waals surface area contributed by atoms with Gasteiger partial charge in [0.05, 0.1) is 10.6 Å². The van der Waals surface area contributed by atoms with E-state index in [1.165, 1.54) is 42.5 Å². The maximum absolute atomic E-state index is 11.5. The largest absolute Gasteiger partial charge is 0.310 e. The topological polar surface area (TPSA) is 161 Å². The van der Waals surface area contributed by atoms with E-state index in [-0.39, 0.29) is 27.4 Å². The molecule has 0 amide bonds. The molecule has 0 radical (unpaired) electrons. The molecule has 1 aliphatic rings. The molecule has 0 unspecified atom stereocenters. The fourth-order valence-electron chi connectivity index (χ4n) is 2.20. The van der Waals surface area contributed by atoms with Crippen molar-refractivity contribution in [1.29, 1.82) is 0 Å². The molecule has 1 aromatic carbocycles. The Labute approximate surface area is 139 Å². The monoisotopic (exact) mass is 372 g/mol. The lowest BCUT2D eigenvalue weighted by atomic mass is 9.97. The minimum atomic E-state index is -4.54. The Morgan fingerprint density at radius 2 is 1.62 bits per heavy atom. The first kappa shape index (κ1) is 18.5. The summed E-state index contributed by atoms with van der Waals surface area (Å²) in [5.74, 6) is 0. The van der Waals surface area contributed by atoms with Gasteiger partial charge in [0, 0.05) is 6.42 Å². The first-order valence-corrected chi connectivity index (χ1v) is 9.50. The zero-order valence-electron chi connectivity index (χ0n) is 12.3. The van der Waals surface area contributed by atoms with Crippen LogP contribution in [0.4, 0.5) is 0 Å². The van der Waals surface area contributed by atoms with Crippen molar-refractivity contribution in [2.45, 2.75) is 17.0 Å². The van der Waals surface area contributed by atoms with Crippen LogP contribution in [0, 0.1) is 0 Å². The third kappa shape index (κ3) is 4.38. The van der Waals surface area contributed by atoms with Crippen molar-refractivity contribution in [2.75, 3.05) is 0 Å². The molecule has 10 heteroatoms. The highest BCUT2D eigenvalue weighted by molar-refractivity contribution is 7.89. The van der Waals surface area contributed by atoms with Crippen LogP contribution in [0.25, 0.3) is 6.08 Å². The van der Waals surface area contributed by atoms with Gasteiger partial charge < -0.3 is 11.5 Å². The molecule has 1 aromatic rings. The van der Waals surface area contributed by atoms with Crippen LogP contribution in [0.2, 0.25) is 0 Å². The first-order chi connectivity index (χ1) is 10.9. The Morgan fingerprint density at radius 1 is 1.00 bits per heavy atom. The van der Waals surface area contributed by atoms with Gasteiger partial charge in [-0.15, -0.1) is 0 Å². The van der Waals surface area contributed by atoms with E-state index in [0.717, 1.165) is 0 Å². The van der Waals surface area contributed by atoms with Crippen LogP contribution in [0.5, 0.6) is 0 Å². The molecule has 0 saturated heterocycles. The zero-order valence-corrected chi connectivity index (χ0v) is 14.0. The van der Waals surface area contributed by atoms with E-state index in [2.05, 4.69) is 0 Å². The molecule has 0 bridgehead atoms. The summed E-state index contributed by atoms with van der Waals surface area (Å²) in [6.45, 7) is 0. The van der Waals surface area contributed by atoms with Crippen LogP contribution in [-0.4, -0.2) is 31.6 Å². The molecule has 0 atom stereocenters. The van der Waals surface area contributed by atoms with Crippen LogP contribution < -0.4 is 11.5 Å². The Morgan fingerprint density at radius 3 is 2.21 bits per heavy atom. The lowest BCUT2D eigenvalue weighted by Gasteiger charge is -2.25. The van der Waals surface area contributed by atoms with E-state index in [0.29, 0.717) is 0 Å². The summed E-state index contributed by atoms with van der Waals surface area (Å²) in [6, 6.07) is 5.61. The van der Waals surface area contributed by atoms with Gasteiger partial charge in [0.25, 0.3) is 20.2 Å². The van der Waals surface area contributed by atoms with Gasteiger partial charge in [-0.3, -0.25) is 9.11 Å². The van der Waals surface area contributed by atoms with Crippen LogP contribution in [0.15, 0.2) is 57.9 Å². The summed E-state index contributed by atoms with van der Waals surface area (Å²) < 4.78 is 64.2. The van der Waals surface area contributed by atoms with E-state index >= 15 is 0 Å². The standard InChI is InChI=1S/C14H16N2O6S2/c15-14(16)8-7-11(13(9-14)24(20,21)22)6-5-10-3-1-2-4-12(10)23(17,18)19/h1-8H,9,15-16H2,(H,17,18,19)(H,20,21,22). The van der Waals surface area contributed by atoms with E-state index in [4.69, 9.17) is 11.5 Å². The van der Waals surface area contributed by atoms with Gasteiger partial charge in [-0.05, 0) is 23.3 Å². The van der Waals surface area contributed by atoms with Gasteiger partial charge in [0.2, 0.25) is 0 Å². The molecule has 8 nitrogen and oxygen atoms in total. The highest BCUT2D eigenvalue weighted by atomic mass is 32.2. The summed E-state index contributed by atoms with van der Waals surface area (Å²) in [7, 11) is -8.98. The molecular formula is C14H16N2O6S2. The van der Waals surface area contributed by atoms with Crippen molar-refractivity contribution in [3.63, 3.8) is 0 Å². The van der Waals surface area contributed by atoms with Crippen molar-refractivity contribution in [2.24, 2.45) is 11.5 Å². The molecule has 6 N–H and O–H groups in total. The number of allylic oxidation sites excluding steroid dienone is 3. The zero-order chi connectivity index (χ0) is 18.2. The van der Waals surface area contributed by atoms with E-state index in [1.807, 2.05) is 0 Å². The fraction of sp³-hybridized carbons (Fsp3) is 0.143. The molecule has 0 fully saturated rings. The van der Waals surface area contributed by atoms with Gasteiger partial charge in [-0.2, -0.15) is 16.8 Å². The molecular weight excluding hydrogens is 356 g/mol. The maximum Gasteiger partial charge on any atom is 0.295 e. The quantitative estimate of drug-likeness (QED) is 0.443. The molecule has 0 heterocycles. The van der Waals surface area contributed by atoms with Gasteiger partial charge in [0.15, 0.2) is 0 Å². The smallest absolute Gasteiger partial charge is 0.295 e. The lowest BCUT2D eigenvalue weighted by molar-refractivity contribution is 0.476. The van der Waals surface area contributed by atoms with Crippen LogP contribution in [0.1, 0.15) is 12.0 Å². The molecule has 1 aliphatic carbocycles. The van der Waals surface area contributed by atoms with Gasteiger partial charge in [-0.25, -0.2) is 0 Å². The second-order valence-electron chi connectivity index (χ2n) is 5.32. The Kier molecular flexibility index (Phi) is 4.81. The fourth-order valence-corrected chi connectivity index (χ4v) is 3.75. The van der Waals surface area contributed by atoms with Crippen molar-refractivity contribution in [3.8, 4) is 0 Å². The van der Waals surface area contributed by atoms with Crippen molar-refractivity contribution in [3.05, 3.63) is 58.5 Å². The van der Waals surface area contributed by atoms with Crippen molar-refractivity contribution < 1.29 is 25.9 Å². The second-order valence-corrected chi connectivity index (χ2v) is 8.16. The van der Waals surface area contributed by atoms with Crippen LogP contribution in [0.3, 0.4) is 0 Å². The van der Waals surface area contributed by atoms with Crippen molar-refractivity contribution >= 4 is 26.3 Å². The minimum absolute atomic E-state index is 0.106. The average molecular weight is 372 g/mol. The Bertz CT molecular complexity index is 957. The summed E-state index contributed by atoms with van der Waals surface area (Å²) >= 11 is 0. The highest BCUT2D eigenvalue weighted by Gasteiger charge is 2.29. The number of hydrogen-bond acceptors (Lipinski definition) is 6. The van der Waals surface area contributed by atoms with Gasteiger partial charge in [-0.1, -0.05) is 36.4 Å². The molecule has 24 heavy (non-hydrogen) atoms. The van der Waals surface area contributed by atoms with Crippen molar-refractivity contribution in [1.82, 2.24) is 0 Å². The van der Waals surface area contributed by atoms with Crippen LogP contribution in [-0.2, 0) is 20.2 Å². The van der Waals surface area contributed by atoms with E-state index in [1.54, 1.807) is 6.07 Å². The number of benzene rings is 1. The summed E-state index contributed by atoms with van der Waals surface area (Å²) in [5, 5.41) is 0. The number of rotatable bonds is 4. The minimum Gasteiger partial charge on any atom is -0.310 e. The van der Waals surface area contributed by atoms with Gasteiger partial charge >= 0.3 is 0 Å². The molecule has 2 rings (SSSR count). The number of nitrogens with two attached hydrogens (primary N) is 2. The second kappa shape index (κ2) is 6.24. The predicted molar refractivity (Wildman–Crippen MR) is 88.7 cm³/mol. The molecule has 0 aliphatic heterocycles. The third-order valence-corrected chi connectivity index (χ3v) is 5.24. The van der Waals surface area contributed by atoms with Gasteiger partial charge in [0.1, 0.15) is 4.90 Å². The third-order valence-electron chi connectivity index (χ3n) is 3.31. The SMILES string of the molecule is NC1(N)C=CC(C=Cc2ccccc2S(=O)(=O)O)=C(S(=O)(=O)O)C1. The molecule has 0 saturated carbocycles. The van der Waals surface area contributed by atoms with E-state index in [9.17, 15) is 25.9 Å². The predicted octanol–water partition coefficient (Wildman–Crippen LogP) is 0.662. The van der Waals surface area contributed by atoms with E-state index < -0.39 is 25.9 Å². The first-order valence-electron chi connectivity index (χ1n) is 6.62. The lowest BCUT2D eigenvalue weighted by Crippen LogP contribution is -2.49. The Hall–Kier alpha value is -1.82. The summed E-state index contributed by atoms with van der Waals surface area (Å²) in [6.07, 6.45) is 4.96. The normalized spacial score (nSPS) is 18.3.